The maximum atomic E-state index is 12.3. The van der Waals surface area contributed by atoms with Crippen LogP contribution in [0.1, 0.15) is 39.0 Å². The van der Waals surface area contributed by atoms with Crippen molar-refractivity contribution in [1.82, 2.24) is 15.5 Å². The number of nitrogens with one attached hydrogen (secondary N) is 1. The third-order valence-corrected chi connectivity index (χ3v) is 5.61. The predicted molar refractivity (Wildman–Crippen MR) is 101 cm³/mol. The molecular formula is C19H25N3O3S. The van der Waals surface area contributed by atoms with Crippen molar-refractivity contribution < 1.29 is 13.9 Å². The number of nitrogens with zero attached hydrogens (tertiary/aromatic N) is 2. The highest BCUT2D eigenvalue weighted by Crippen LogP contribution is 2.27. The average Bonchev–Trinajstić information content (AvgIpc) is 3.15. The molecule has 1 unspecified atom stereocenters. The molecule has 0 aliphatic heterocycles. The average molecular weight is 375 g/mol. The summed E-state index contributed by atoms with van der Waals surface area (Å²) >= 11 is 1.28. The molecule has 3 rings (SSSR count). The van der Waals surface area contributed by atoms with Crippen molar-refractivity contribution in [3.05, 3.63) is 24.3 Å². The van der Waals surface area contributed by atoms with E-state index in [1.165, 1.54) is 43.9 Å². The van der Waals surface area contributed by atoms with E-state index in [2.05, 4.69) is 15.5 Å². The highest BCUT2D eigenvalue weighted by Gasteiger charge is 2.20. The largest absolute Gasteiger partial charge is 0.497 e. The molecule has 1 aliphatic carbocycles. The molecule has 7 heteroatoms. The first-order valence-electron chi connectivity index (χ1n) is 9.08. The van der Waals surface area contributed by atoms with Crippen molar-refractivity contribution in [2.75, 3.05) is 13.7 Å². The molecule has 0 saturated heterocycles. The lowest BCUT2D eigenvalue weighted by Gasteiger charge is -2.22. The topological polar surface area (TPSA) is 77.2 Å². The maximum absolute atomic E-state index is 12.3. The molecular weight excluding hydrogens is 350 g/mol. The SMILES string of the molecule is COc1ccc(-c2nnc(SC(C)C(=O)NCC3CCCCC3)o2)cc1. The van der Waals surface area contributed by atoms with Gasteiger partial charge in [0, 0.05) is 12.1 Å². The zero-order valence-corrected chi connectivity index (χ0v) is 16.1. The van der Waals surface area contributed by atoms with E-state index in [0.29, 0.717) is 17.0 Å². The number of carbonyl (C=O) groups excluding carboxylic acids is 1. The number of thioether (sulfide) groups is 1. The van der Waals surface area contributed by atoms with E-state index in [9.17, 15) is 4.79 Å². The van der Waals surface area contributed by atoms with E-state index in [0.717, 1.165) is 17.9 Å². The smallest absolute Gasteiger partial charge is 0.277 e. The molecule has 1 fully saturated rings. The van der Waals surface area contributed by atoms with Crippen molar-refractivity contribution >= 4 is 17.7 Å². The number of benzene rings is 1. The molecule has 1 heterocycles. The molecule has 6 nitrogen and oxygen atoms in total. The van der Waals surface area contributed by atoms with Gasteiger partial charge in [-0.15, -0.1) is 10.2 Å². The zero-order chi connectivity index (χ0) is 18.4. The fourth-order valence-electron chi connectivity index (χ4n) is 3.09. The Bertz CT molecular complexity index is 711. The number of carbonyl (C=O) groups is 1. The van der Waals surface area contributed by atoms with Gasteiger partial charge in [0.2, 0.25) is 11.8 Å². The Balaban J connectivity index is 1.51. The molecule has 1 amide bonds. The van der Waals surface area contributed by atoms with Gasteiger partial charge in [0.1, 0.15) is 5.75 Å². The monoisotopic (exact) mass is 375 g/mol. The number of rotatable bonds is 7. The molecule has 0 radical (unpaired) electrons. The van der Waals surface area contributed by atoms with Gasteiger partial charge in [0.25, 0.3) is 5.22 Å². The first kappa shape index (κ1) is 18.8. The lowest BCUT2D eigenvalue weighted by Crippen LogP contribution is -2.35. The summed E-state index contributed by atoms with van der Waals surface area (Å²) in [7, 11) is 1.62. The summed E-state index contributed by atoms with van der Waals surface area (Å²) in [6.07, 6.45) is 6.32. The zero-order valence-electron chi connectivity index (χ0n) is 15.2. The van der Waals surface area contributed by atoms with Gasteiger partial charge in [-0.05, 0) is 49.9 Å². The molecule has 26 heavy (non-hydrogen) atoms. The molecule has 1 saturated carbocycles. The number of methoxy groups -OCH3 is 1. The van der Waals surface area contributed by atoms with Gasteiger partial charge in [-0.25, -0.2) is 0 Å². The Morgan fingerprint density at radius 2 is 2.00 bits per heavy atom. The third kappa shape index (κ3) is 5.00. The van der Waals surface area contributed by atoms with Crippen molar-refractivity contribution in [2.45, 2.75) is 49.5 Å². The van der Waals surface area contributed by atoms with Gasteiger partial charge in [0.15, 0.2) is 0 Å². The molecule has 1 atom stereocenters. The Labute approximate surface area is 158 Å². The molecule has 1 N–H and O–H groups in total. The summed E-state index contributed by atoms with van der Waals surface area (Å²) in [6, 6.07) is 7.41. The van der Waals surface area contributed by atoms with Crippen LogP contribution < -0.4 is 10.1 Å². The Kier molecular flexibility index (Phi) is 6.55. The molecule has 1 aliphatic rings. The van der Waals surface area contributed by atoms with Crippen LogP contribution in [0, 0.1) is 5.92 Å². The second-order valence-electron chi connectivity index (χ2n) is 6.61. The van der Waals surface area contributed by atoms with Gasteiger partial charge >= 0.3 is 0 Å². The minimum atomic E-state index is -0.275. The van der Waals surface area contributed by atoms with Crippen LogP contribution in [0.15, 0.2) is 33.9 Å². The third-order valence-electron chi connectivity index (χ3n) is 4.68. The van der Waals surface area contributed by atoms with Crippen LogP contribution in [0.25, 0.3) is 11.5 Å². The molecule has 2 aromatic rings. The standard InChI is InChI=1S/C19H25N3O3S/c1-13(17(23)20-12-14-6-4-3-5-7-14)26-19-22-21-18(25-19)15-8-10-16(24-2)11-9-15/h8-11,13-14H,3-7,12H2,1-2H3,(H,20,23). The van der Waals surface area contributed by atoms with E-state index in [1.54, 1.807) is 7.11 Å². The summed E-state index contributed by atoms with van der Waals surface area (Å²) in [4.78, 5) is 12.3. The highest BCUT2D eigenvalue weighted by atomic mass is 32.2. The second kappa shape index (κ2) is 9.07. The number of aromatic nitrogens is 2. The van der Waals surface area contributed by atoms with Crippen molar-refractivity contribution in [3.8, 4) is 17.2 Å². The fraction of sp³-hybridized carbons (Fsp3) is 0.526. The minimum Gasteiger partial charge on any atom is -0.497 e. The van der Waals surface area contributed by atoms with Crippen LogP contribution in [-0.2, 0) is 4.79 Å². The van der Waals surface area contributed by atoms with E-state index in [-0.39, 0.29) is 11.2 Å². The van der Waals surface area contributed by atoms with E-state index >= 15 is 0 Å². The predicted octanol–water partition coefficient (Wildman–Crippen LogP) is 3.92. The Morgan fingerprint density at radius 1 is 1.27 bits per heavy atom. The number of hydrogen-bond donors (Lipinski definition) is 1. The highest BCUT2D eigenvalue weighted by molar-refractivity contribution is 8.00. The van der Waals surface area contributed by atoms with Crippen LogP contribution >= 0.6 is 11.8 Å². The summed E-state index contributed by atoms with van der Waals surface area (Å²) in [6.45, 7) is 2.63. The normalized spacial score (nSPS) is 16.2. The van der Waals surface area contributed by atoms with Gasteiger partial charge in [-0.3, -0.25) is 4.79 Å². The quantitative estimate of drug-likeness (QED) is 0.739. The number of hydrogen-bond acceptors (Lipinski definition) is 6. The fourth-order valence-corrected chi connectivity index (χ4v) is 3.80. The van der Waals surface area contributed by atoms with Crippen LogP contribution in [0.2, 0.25) is 0 Å². The lowest BCUT2D eigenvalue weighted by molar-refractivity contribution is -0.120. The summed E-state index contributed by atoms with van der Waals surface area (Å²) < 4.78 is 10.8. The summed E-state index contributed by atoms with van der Waals surface area (Å²) in [5.74, 6) is 1.84. The molecule has 1 aromatic carbocycles. The van der Waals surface area contributed by atoms with E-state index in [4.69, 9.17) is 9.15 Å². The van der Waals surface area contributed by atoms with Gasteiger partial charge in [-0.1, -0.05) is 31.0 Å². The Hall–Kier alpha value is -2.02. The van der Waals surface area contributed by atoms with Gasteiger partial charge < -0.3 is 14.5 Å². The molecule has 140 valence electrons. The first-order valence-corrected chi connectivity index (χ1v) is 9.96. The minimum absolute atomic E-state index is 0.0183. The summed E-state index contributed by atoms with van der Waals surface area (Å²) in [5.41, 5.74) is 0.819. The van der Waals surface area contributed by atoms with Gasteiger partial charge in [-0.2, -0.15) is 0 Å². The van der Waals surface area contributed by atoms with Crippen LogP contribution in [0.5, 0.6) is 5.75 Å². The van der Waals surface area contributed by atoms with E-state index < -0.39 is 0 Å². The first-order chi connectivity index (χ1) is 12.7. The van der Waals surface area contributed by atoms with Crippen molar-refractivity contribution in [3.63, 3.8) is 0 Å². The van der Waals surface area contributed by atoms with Crippen LogP contribution in [-0.4, -0.2) is 35.0 Å². The van der Waals surface area contributed by atoms with E-state index in [1.807, 2.05) is 31.2 Å². The molecule has 0 bridgehead atoms. The van der Waals surface area contributed by atoms with Crippen LogP contribution in [0.4, 0.5) is 0 Å². The number of amides is 1. The molecule has 1 aromatic heterocycles. The Morgan fingerprint density at radius 3 is 2.69 bits per heavy atom. The summed E-state index contributed by atoms with van der Waals surface area (Å²) in [5, 5.41) is 11.3. The van der Waals surface area contributed by atoms with Gasteiger partial charge in [0.05, 0.1) is 12.4 Å². The van der Waals surface area contributed by atoms with Crippen molar-refractivity contribution in [2.24, 2.45) is 5.92 Å². The van der Waals surface area contributed by atoms with Crippen LogP contribution in [0.3, 0.4) is 0 Å². The van der Waals surface area contributed by atoms with Crippen molar-refractivity contribution in [1.29, 1.82) is 0 Å². The lowest BCUT2D eigenvalue weighted by atomic mass is 9.89. The number of ether oxygens (including phenoxy) is 1. The maximum Gasteiger partial charge on any atom is 0.277 e. The second-order valence-corrected chi connectivity index (χ2v) is 7.90. The molecule has 0 spiro atoms.